The maximum absolute atomic E-state index is 14.0. The molecule has 3 N–H and O–H groups in total. The third-order valence-electron chi connectivity index (χ3n) is 2.97. The summed E-state index contributed by atoms with van der Waals surface area (Å²) >= 11 is 6.88. The SMILES string of the molecule is Cc1cccc(C(NN)c2cc(Br)ccc2F)c1Br. The number of halogens is 3. The molecule has 19 heavy (non-hydrogen) atoms. The number of nitrogens with two attached hydrogens (primary N) is 1. The van der Waals surface area contributed by atoms with E-state index in [1.54, 1.807) is 12.1 Å². The molecule has 0 spiro atoms. The summed E-state index contributed by atoms with van der Waals surface area (Å²) in [5.74, 6) is 5.33. The van der Waals surface area contributed by atoms with Crippen LogP contribution in [0.5, 0.6) is 0 Å². The molecule has 0 aromatic heterocycles. The highest BCUT2D eigenvalue weighted by atomic mass is 79.9. The van der Waals surface area contributed by atoms with Gasteiger partial charge in [-0.1, -0.05) is 50.1 Å². The van der Waals surface area contributed by atoms with Crippen molar-refractivity contribution in [3.8, 4) is 0 Å². The van der Waals surface area contributed by atoms with Gasteiger partial charge in [0.2, 0.25) is 0 Å². The van der Waals surface area contributed by atoms with Crippen molar-refractivity contribution in [2.75, 3.05) is 0 Å². The zero-order valence-electron chi connectivity index (χ0n) is 10.3. The topological polar surface area (TPSA) is 38.0 Å². The van der Waals surface area contributed by atoms with Crippen LogP contribution < -0.4 is 11.3 Å². The summed E-state index contributed by atoms with van der Waals surface area (Å²) in [4.78, 5) is 0. The van der Waals surface area contributed by atoms with Gasteiger partial charge in [0, 0.05) is 14.5 Å². The van der Waals surface area contributed by atoms with Gasteiger partial charge in [-0.2, -0.15) is 0 Å². The molecule has 0 amide bonds. The molecule has 5 heteroatoms. The normalized spacial score (nSPS) is 12.5. The first kappa shape index (κ1) is 14.7. The van der Waals surface area contributed by atoms with Gasteiger partial charge >= 0.3 is 0 Å². The Balaban J connectivity index is 2.56. The van der Waals surface area contributed by atoms with Crippen LogP contribution in [0, 0.1) is 12.7 Å². The van der Waals surface area contributed by atoms with E-state index in [1.165, 1.54) is 6.07 Å². The monoisotopic (exact) mass is 386 g/mol. The molecule has 100 valence electrons. The van der Waals surface area contributed by atoms with Crippen LogP contribution in [0.1, 0.15) is 22.7 Å². The smallest absolute Gasteiger partial charge is 0.128 e. The van der Waals surface area contributed by atoms with Crippen molar-refractivity contribution in [2.45, 2.75) is 13.0 Å². The average Bonchev–Trinajstić information content (AvgIpc) is 2.39. The van der Waals surface area contributed by atoms with Crippen LogP contribution in [-0.2, 0) is 0 Å². The number of hydrazine groups is 1. The molecule has 0 fully saturated rings. The molecular weight excluding hydrogens is 375 g/mol. The van der Waals surface area contributed by atoms with E-state index in [1.807, 2.05) is 25.1 Å². The number of nitrogens with one attached hydrogen (secondary N) is 1. The van der Waals surface area contributed by atoms with Crippen molar-refractivity contribution in [1.29, 1.82) is 0 Å². The first-order valence-electron chi connectivity index (χ1n) is 5.70. The van der Waals surface area contributed by atoms with Gasteiger partial charge in [0.15, 0.2) is 0 Å². The minimum atomic E-state index is -0.410. The minimum Gasteiger partial charge on any atom is -0.271 e. The maximum Gasteiger partial charge on any atom is 0.128 e. The molecular formula is C14H13Br2FN2. The molecule has 2 nitrogen and oxygen atoms in total. The van der Waals surface area contributed by atoms with Crippen LogP contribution in [0.3, 0.4) is 0 Å². The predicted octanol–water partition coefficient (Wildman–Crippen LogP) is 4.21. The summed E-state index contributed by atoms with van der Waals surface area (Å²) in [5.41, 5.74) is 5.16. The molecule has 0 saturated carbocycles. The Kier molecular flexibility index (Phi) is 4.73. The van der Waals surface area contributed by atoms with Crippen molar-refractivity contribution in [3.63, 3.8) is 0 Å². The number of benzene rings is 2. The zero-order chi connectivity index (χ0) is 14.0. The van der Waals surface area contributed by atoms with Crippen LogP contribution in [0.15, 0.2) is 45.3 Å². The Hall–Kier alpha value is -0.750. The average molecular weight is 388 g/mol. The van der Waals surface area contributed by atoms with Crippen molar-refractivity contribution in [3.05, 3.63) is 67.9 Å². The quantitative estimate of drug-likeness (QED) is 0.611. The third kappa shape index (κ3) is 3.05. The van der Waals surface area contributed by atoms with Crippen LogP contribution >= 0.6 is 31.9 Å². The van der Waals surface area contributed by atoms with Gasteiger partial charge in [0.25, 0.3) is 0 Å². The largest absolute Gasteiger partial charge is 0.271 e. The summed E-state index contributed by atoms with van der Waals surface area (Å²) in [6.07, 6.45) is 0. The lowest BCUT2D eigenvalue weighted by atomic mass is 9.97. The Morgan fingerprint density at radius 2 is 1.89 bits per heavy atom. The summed E-state index contributed by atoms with van der Waals surface area (Å²) in [6.45, 7) is 1.98. The Bertz CT molecular complexity index is 600. The maximum atomic E-state index is 14.0. The van der Waals surface area contributed by atoms with E-state index in [4.69, 9.17) is 5.84 Å². The number of hydrogen-bond acceptors (Lipinski definition) is 2. The van der Waals surface area contributed by atoms with Crippen molar-refractivity contribution in [1.82, 2.24) is 5.43 Å². The van der Waals surface area contributed by atoms with E-state index in [0.717, 1.165) is 20.1 Å². The molecule has 0 bridgehead atoms. The fraction of sp³-hybridized carbons (Fsp3) is 0.143. The zero-order valence-corrected chi connectivity index (χ0v) is 13.4. The molecule has 0 aliphatic heterocycles. The summed E-state index contributed by atoms with van der Waals surface area (Å²) in [5, 5.41) is 0. The molecule has 2 rings (SSSR count). The van der Waals surface area contributed by atoms with Gasteiger partial charge in [-0.15, -0.1) is 0 Å². The van der Waals surface area contributed by atoms with E-state index in [2.05, 4.69) is 37.3 Å². The molecule has 1 unspecified atom stereocenters. The standard InChI is InChI=1S/C14H13Br2FN2/c1-8-3-2-4-10(13(8)16)14(19-18)11-7-9(15)5-6-12(11)17/h2-7,14,19H,18H2,1H3. The summed E-state index contributed by atoms with van der Waals surface area (Å²) < 4.78 is 15.7. The fourth-order valence-electron chi connectivity index (χ4n) is 1.98. The lowest BCUT2D eigenvalue weighted by Gasteiger charge is -2.20. The van der Waals surface area contributed by atoms with Gasteiger partial charge in [0.1, 0.15) is 5.82 Å². The highest BCUT2D eigenvalue weighted by molar-refractivity contribution is 9.10. The molecule has 1 atom stereocenters. The summed E-state index contributed by atoms with van der Waals surface area (Å²) in [6, 6.07) is 10.2. The Morgan fingerprint density at radius 3 is 2.58 bits per heavy atom. The number of hydrogen-bond donors (Lipinski definition) is 2. The van der Waals surface area contributed by atoms with Gasteiger partial charge < -0.3 is 0 Å². The Morgan fingerprint density at radius 1 is 1.16 bits per heavy atom. The molecule has 2 aromatic rings. The van der Waals surface area contributed by atoms with Gasteiger partial charge in [0.05, 0.1) is 6.04 Å². The van der Waals surface area contributed by atoms with Gasteiger partial charge in [-0.25, -0.2) is 9.82 Å². The van der Waals surface area contributed by atoms with E-state index in [9.17, 15) is 4.39 Å². The second-order valence-electron chi connectivity index (χ2n) is 4.24. The highest BCUT2D eigenvalue weighted by Gasteiger charge is 2.19. The van der Waals surface area contributed by atoms with E-state index >= 15 is 0 Å². The molecule has 0 saturated heterocycles. The second-order valence-corrected chi connectivity index (χ2v) is 5.95. The molecule has 0 aliphatic rings. The third-order valence-corrected chi connectivity index (χ3v) is 4.54. The molecule has 2 aromatic carbocycles. The highest BCUT2D eigenvalue weighted by Crippen LogP contribution is 2.32. The molecule has 0 radical (unpaired) electrons. The van der Waals surface area contributed by atoms with Crippen molar-refractivity contribution in [2.24, 2.45) is 5.84 Å². The number of aryl methyl sites for hydroxylation is 1. The Labute approximate surface area is 128 Å². The van der Waals surface area contributed by atoms with Crippen LogP contribution in [0.2, 0.25) is 0 Å². The van der Waals surface area contributed by atoms with E-state index in [-0.39, 0.29) is 5.82 Å². The predicted molar refractivity (Wildman–Crippen MR) is 82.1 cm³/mol. The van der Waals surface area contributed by atoms with Gasteiger partial charge in [-0.05, 0) is 36.2 Å². The van der Waals surface area contributed by atoms with E-state index < -0.39 is 6.04 Å². The fourth-order valence-corrected chi connectivity index (χ4v) is 2.85. The lowest BCUT2D eigenvalue weighted by Crippen LogP contribution is -2.30. The minimum absolute atomic E-state index is 0.292. The van der Waals surface area contributed by atoms with Crippen LogP contribution in [0.25, 0.3) is 0 Å². The number of rotatable bonds is 3. The van der Waals surface area contributed by atoms with Crippen LogP contribution in [-0.4, -0.2) is 0 Å². The van der Waals surface area contributed by atoms with Gasteiger partial charge in [-0.3, -0.25) is 5.84 Å². The molecule has 0 heterocycles. The van der Waals surface area contributed by atoms with Crippen molar-refractivity contribution < 1.29 is 4.39 Å². The van der Waals surface area contributed by atoms with Crippen LogP contribution in [0.4, 0.5) is 4.39 Å². The van der Waals surface area contributed by atoms with Crippen molar-refractivity contribution >= 4 is 31.9 Å². The first-order chi connectivity index (χ1) is 9.04. The molecule has 0 aliphatic carbocycles. The summed E-state index contributed by atoms with van der Waals surface area (Å²) in [7, 11) is 0. The first-order valence-corrected chi connectivity index (χ1v) is 7.29. The lowest BCUT2D eigenvalue weighted by molar-refractivity contribution is 0.558. The van der Waals surface area contributed by atoms with E-state index in [0.29, 0.717) is 5.56 Å². The second kappa shape index (κ2) is 6.13.